The molecule has 14 heavy (non-hydrogen) atoms. The first-order chi connectivity index (χ1) is 6.74. The minimum absolute atomic E-state index is 0.00361. The van der Waals surface area contributed by atoms with Crippen molar-refractivity contribution in [1.82, 2.24) is 0 Å². The van der Waals surface area contributed by atoms with Crippen LogP contribution in [0, 0.1) is 5.82 Å². The summed E-state index contributed by atoms with van der Waals surface area (Å²) in [6.45, 7) is -0.250. The average Bonchev–Trinajstić information content (AvgIpc) is 2.64. The van der Waals surface area contributed by atoms with Crippen LogP contribution in [0.15, 0.2) is 12.1 Å². The second-order valence-corrected chi connectivity index (χ2v) is 2.78. The normalized spacial score (nSPS) is 13.0. The van der Waals surface area contributed by atoms with Gasteiger partial charge in [0.25, 0.3) is 0 Å². The lowest BCUT2D eigenvalue weighted by Crippen LogP contribution is -2.15. The molecule has 1 aliphatic rings. The van der Waals surface area contributed by atoms with Crippen LogP contribution in [0.1, 0.15) is 10.4 Å². The lowest BCUT2D eigenvalue weighted by atomic mass is 10.1. The van der Waals surface area contributed by atoms with Gasteiger partial charge in [0.2, 0.25) is 6.79 Å². The van der Waals surface area contributed by atoms with Gasteiger partial charge in [-0.2, -0.15) is 0 Å². The molecule has 1 heterocycles. The Hall–Kier alpha value is -1.62. The zero-order chi connectivity index (χ0) is 10.1. The first kappa shape index (κ1) is 8.96. The van der Waals surface area contributed by atoms with Gasteiger partial charge in [0.15, 0.2) is 17.3 Å². The predicted molar refractivity (Wildman–Crippen MR) is 45.9 cm³/mol. The molecule has 74 valence electrons. The minimum atomic E-state index is -0.635. The maximum Gasteiger partial charge on any atom is 0.231 e. The lowest BCUT2D eigenvalue weighted by molar-refractivity contribution is 0.0992. The van der Waals surface area contributed by atoms with Crippen molar-refractivity contribution >= 4 is 5.78 Å². The quantitative estimate of drug-likeness (QED) is 0.709. The van der Waals surface area contributed by atoms with E-state index in [9.17, 15) is 9.18 Å². The molecule has 0 saturated carbocycles. The summed E-state index contributed by atoms with van der Waals surface area (Å²) in [5, 5.41) is 0. The average molecular weight is 197 g/mol. The van der Waals surface area contributed by atoms with Crippen LogP contribution in [0.3, 0.4) is 0 Å². The second-order valence-electron chi connectivity index (χ2n) is 2.78. The molecule has 0 atom stereocenters. The summed E-state index contributed by atoms with van der Waals surface area (Å²) < 4.78 is 23.3. The number of rotatable bonds is 2. The molecule has 4 nitrogen and oxygen atoms in total. The van der Waals surface area contributed by atoms with E-state index in [1.54, 1.807) is 0 Å². The number of ketones is 1. The molecule has 2 N–H and O–H groups in total. The molecule has 1 aromatic rings. The number of benzene rings is 1. The van der Waals surface area contributed by atoms with E-state index in [0.717, 1.165) is 6.07 Å². The Morgan fingerprint density at radius 1 is 1.50 bits per heavy atom. The van der Waals surface area contributed by atoms with Crippen molar-refractivity contribution in [3.8, 4) is 11.5 Å². The molecule has 0 unspecified atom stereocenters. The van der Waals surface area contributed by atoms with Crippen molar-refractivity contribution in [2.24, 2.45) is 5.73 Å². The Labute approximate surface area is 79.4 Å². The van der Waals surface area contributed by atoms with Crippen molar-refractivity contribution in [3.63, 3.8) is 0 Å². The number of nitrogens with two attached hydrogens (primary N) is 1. The van der Waals surface area contributed by atoms with Crippen LogP contribution >= 0.6 is 0 Å². The standard InChI is InChI=1S/C9H8FNO3/c10-5-1-2-7-9(14-4-13-7)8(5)6(12)3-11/h1-2H,3-4,11H2. The zero-order valence-electron chi connectivity index (χ0n) is 7.25. The van der Waals surface area contributed by atoms with E-state index in [0.29, 0.717) is 5.75 Å². The van der Waals surface area contributed by atoms with Crippen molar-refractivity contribution in [2.75, 3.05) is 13.3 Å². The van der Waals surface area contributed by atoms with Gasteiger partial charge in [0, 0.05) is 0 Å². The topological polar surface area (TPSA) is 61.6 Å². The van der Waals surface area contributed by atoms with Crippen LogP contribution in [0.2, 0.25) is 0 Å². The summed E-state index contributed by atoms with van der Waals surface area (Å²) in [5.74, 6) is -0.599. The van der Waals surface area contributed by atoms with Crippen LogP contribution in [-0.2, 0) is 0 Å². The van der Waals surface area contributed by atoms with E-state index >= 15 is 0 Å². The largest absolute Gasteiger partial charge is 0.454 e. The number of Topliss-reactive ketones (excluding diaryl/α,β-unsaturated/α-hetero) is 1. The highest BCUT2D eigenvalue weighted by molar-refractivity contribution is 6.01. The molecular formula is C9H8FNO3. The van der Waals surface area contributed by atoms with Gasteiger partial charge in [-0.1, -0.05) is 0 Å². The second kappa shape index (κ2) is 3.26. The summed E-state index contributed by atoms with van der Waals surface area (Å²) in [7, 11) is 0. The molecule has 0 radical (unpaired) electrons. The molecule has 0 fully saturated rings. The van der Waals surface area contributed by atoms with Crippen molar-refractivity contribution < 1.29 is 18.7 Å². The fraction of sp³-hybridized carbons (Fsp3) is 0.222. The smallest absolute Gasteiger partial charge is 0.231 e. The number of hydrogen-bond acceptors (Lipinski definition) is 4. The van der Waals surface area contributed by atoms with Gasteiger partial charge in [0.1, 0.15) is 11.4 Å². The van der Waals surface area contributed by atoms with E-state index < -0.39 is 11.6 Å². The summed E-state index contributed by atoms with van der Waals surface area (Å²) in [4.78, 5) is 11.3. The number of halogens is 1. The van der Waals surface area contributed by atoms with Crippen molar-refractivity contribution in [3.05, 3.63) is 23.5 Å². The lowest BCUT2D eigenvalue weighted by Gasteiger charge is -2.04. The highest BCUT2D eigenvalue weighted by atomic mass is 19.1. The molecule has 0 amide bonds. The molecule has 0 aromatic heterocycles. The number of carbonyl (C=O) groups is 1. The molecule has 0 saturated heterocycles. The predicted octanol–water partition coefficient (Wildman–Crippen LogP) is 0.696. The molecule has 1 aromatic carbocycles. The van der Waals surface area contributed by atoms with Crippen LogP contribution in [0.25, 0.3) is 0 Å². The first-order valence-corrected chi connectivity index (χ1v) is 4.05. The highest BCUT2D eigenvalue weighted by Crippen LogP contribution is 2.36. The third-order valence-electron chi connectivity index (χ3n) is 1.95. The fourth-order valence-corrected chi connectivity index (χ4v) is 1.31. The maximum absolute atomic E-state index is 13.3. The third kappa shape index (κ3) is 1.22. The summed E-state index contributed by atoms with van der Waals surface area (Å²) in [6, 6.07) is 2.58. The van der Waals surface area contributed by atoms with Gasteiger partial charge < -0.3 is 15.2 Å². The van der Waals surface area contributed by atoms with Crippen LogP contribution in [0.5, 0.6) is 11.5 Å². The van der Waals surface area contributed by atoms with E-state index in [1.165, 1.54) is 6.07 Å². The third-order valence-corrected chi connectivity index (χ3v) is 1.95. The Morgan fingerprint density at radius 3 is 3.00 bits per heavy atom. The van der Waals surface area contributed by atoms with E-state index in [4.69, 9.17) is 15.2 Å². The van der Waals surface area contributed by atoms with Gasteiger partial charge in [-0.05, 0) is 12.1 Å². The number of carbonyl (C=O) groups excluding carboxylic acids is 1. The first-order valence-electron chi connectivity index (χ1n) is 4.05. The van der Waals surface area contributed by atoms with Crippen molar-refractivity contribution in [2.45, 2.75) is 0 Å². The van der Waals surface area contributed by atoms with Gasteiger partial charge >= 0.3 is 0 Å². The Kier molecular flexibility index (Phi) is 2.09. The number of fused-ring (bicyclic) bond motifs is 1. The maximum atomic E-state index is 13.3. The fourth-order valence-electron chi connectivity index (χ4n) is 1.31. The van der Waals surface area contributed by atoms with Crippen molar-refractivity contribution in [1.29, 1.82) is 0 Å². The molecular weight excluding hydrogens is 189 g/mol. The molecule has 0 spiro atoms. The summed E-state index contributed by atoms with van der Waals surface area (Å²) >= 11 is 0. The van der Waals surface area contributed by atoms with Crippen LogP contribution in [-0.4, -0.2) is 19.1 Å². The zero-order valence-corrected chi connectivity index (χ0v) is 7.25. The van der Waals surface area contributed by atoms with Gasteiger partial charge in [-0.15, -0.1) is 0 Å². The monoisotopic (exact) mass is 197 g/mol. The molecule has 0 aliphatic carbocycles. The van der Waals surface area contributed by atoms with E-state index in [1.807, 2.05) is 0 Å². The molecule has 1 aliphatic heterocycles. The molecule has 5 heteroatoms. The Balaban J connectivity index is 2.57. The van der Waals surface area contributed by atoms with Crippen LogP contribution < -0.4 is 15.2 Å². The van der Waals surface area contributed by atoms with Gasteiger partial charge in [-0.25, -0.2) is 4.39 Å². The SMILES string of the molecule is NCC(=O)c1c(F)ccc2c1OCO2. The Morgan fingerprint density at radius 2 is 2.29 bits per heavy atom. The van der Waals surface area contributed by atoms with E-state index in [2.05, 4.69) is 0 Å². The Bertz CT molecular complexity index is 392. The summed E-state index contributed by atoms with van der Waals surface area (Å²) in [6.07, 6.45) is 0. The van der Waals surface area contributed by atoms with Gasteiger partial charge in [0.05, 0.1) is 6.54 Å². The highest BCUT2D eigenvalue weighted by Gasteiger charge is 2.24. The molecule has 0 bridgehead atoms. The number of ether oxygens (including phenoxy) is 2. The molecule has 2 rings (SSSR count). The van der Waals surface area contributed by atoms with Gasteiger partial charge in [-0.3, -0.25) is 4.79 Å². The summed E-state index contributed by atoms with van der Waals surface area (Å²) in [5.41, 5.74) is 5.03. The van der Waals surface area contributed by atoms with Crippen LogP contribution in [0.4, 0.5) is 4.39 Å². The number of hydrogen-bond donors (Lipinski definition) is 1. The van der Waals surface area contributed by atoms with E-state index in [-0.39, 0.29) is 24.7 Å². The minimum Gasteiger partial charge on any atom is -0.454 e.